The van der Waals surface area contributed by atoms with E-state index in [9.17, 15) is 34.2 Å². The Morgan fingerprint density at radius 1 is 0.903 bits per heavy atom. The summed E-state index contributed by atoms with van der Waals surface area (Å²) < 4.78 is 0. The summed E-state index contributed by atoms with van der Waals surface area (Å²) in [4.78, 5) is 58.9. The molecule has 11 heteroatoms. The van der Waals surface area contributed by atoms with E-state index >= 15 is 0 Å². The van der Waals surface area contributed by atoms with Gasteiger partial charge in [0.25, 0.3) is 0 Å². The number of benzene rings is 1. The number of carbonyl (C=O) groups excluding carboxylic acids is 4. The Labute approximate surface area is 179 Å². The lowest BCUT2D eigenvalue weighted by Gasteiger charge is -2.20. The zero-order valence-corrected chi connectivity index (χ0v) is 17.4. The van der Waals surface area contributed by atoms with E-state index in [-0.39, 0.29) is 6.42 Å². The first kappa shape index (κ1) is 25.6. The lowest BCUT2D eigenvalue weighted by Crippen LogP contribution is -2.55. The third-order valence-electron chi connectivity index (χ3n) is 4.26. The molecule has 11 nitrogen and oxygen atoms in total. The van der Waals surface area contributed by atoms with Gasteiger partial charge in [-0.15, -0.1) is 0 Å². The Bertz CT molecular complexity index is 785. The SMILES string of the molecule is CC[C@H](NC(C)=O)C(=O)NCC(=O)N[C@@H](CO)C(=O)N[C@@H](Cc1ccccc1)C(=O)O. The van der Waals surface area contributed by atoms with Crippen LogP contribution in [0, 0.1) is 0 Å². The van der Waals surface area contributed by atoms with Crippen LogP contribution in [-0.2, 0) is 30.4 Å². The zero-order valence-electron chi connectivity index (χ0n) is 17.4. The predicted molar refractivity (Wildman–Crippen MR) is 110 cm³/mol. The number of carboxylic acids is 1. The molecule has 0 heterocycles. The highest BCUT2D eigenvalue weighted by Crippen LogP contribution is 2.04. The van der Waals surface area contributed by atoms with Gasteiger partial charge < -0.3 is 31.5 Å². The standard InChI is InChI=1S/C20H28N4O7/c1-3-14(22-12(2)26)18(28)21-10-17(27)23-16(11-25)19(29)24-15(20(30)31)9-13-7-5-4-6-8-13/h4-8,14-16,25H,3,9-11H2,1-2H3,(H,21,28)(H,22,26)(H,23,27)(H,24,29)(H,30,31)/t14-,15-,16-/m0/s1. The molecule has 0 saturated heterocycles. The van der Waals surface area contributed by atoms with Crippen LogP contribution in [-0.4, -0.2) is 71.1 Å². The molecule has 0 radical (unpaired) electrons. The number of hydrogen-bond acceptors (Lipinski definition) is 6. The van der Waals surface area contributed by atoms with Crippen molar-refractivity contribution < 1.29 is 34.2 Å². The molecule has 0 bridgehead atoms. The smallest absolute Gasteiger partial charge is 0.326 e. The van der Waals surface area contributed by atoms with Crippen molar-refractivity contribution in [3.8, 4) is 0 Å². The molecule has 0 aliphatic rings. The summed E-state index contributed by atoms with van der Waals surface area (Å²) in [5.74, 6) is -3.89. The third-order valence-corrected chi connectivity index (χ3v) is 4.26. The molecule has 0 aliphatic heterocycles. The first-order chi connectivity index (χ1) is 14.7. The fourth-order valence-corrected chi connectivity index (χ4v) is 2.65. The molecular weight excluding hydrogens is 408 g/mol. The highest BCUT2D eigenvalue weighted by atomic mass is 16.4. The van der Waals surface area contributed by atoms with Crippen LogP contribution in [0.3, 0.4) is 0 Å². The second-order valence-electron chi connectivity index (χ2n) is 6.77. The highest BCUT2D eigenvalue weighted by molar-refractivity contribution is 5.93. The minimum atomic E-state index is -1.40. The van der Waals surface area contributed by atoms with Crippen LogP contribution in [0.15, 0.2) is 30.3 Å². The number of hydrogen-bond donors (Lipinski definition) is 6. The van der Waals surface area contributed by atoms with Crippen molar-refractivity contribution in [1.82, 2.24) is 21.3 Å². The average Bonchev–Trinajstić information content (AvgIpc) is 2.73. The number of nitrogens with one attached hydrogen (secondary N) is 4. The molecule has 0 aliphatic carbocycles. The van der Waals surface area contributed by atoms with Gasteiger partial charge in [0, 0.05) is 13.3 Å². The minimum absolute atomic E-state index is 0.0195. The Morgan fingerprint density at radius 3 is 2.06 bits per heavy atom. The fourth-order valence-electron chi connectivity index (χ4n) is 2.65. The van der Waals surface area contributed by atoms with Gasteiger partial charge in [-0.2, -0.15) is 0 Å². The first-order valence-corrected chi connectivity index (χ1v) is 9.70. The van der Waals surface area contributed by atoms with Gasteiger partial charge in [0.15, 0.2) is 0 Å². The molecule has 4 amide bonds. The Hall–Kier alpha value is -3.47. The largest absolute Gasteiger partial charge is 0.480 e. The third kappa shape index (κ3) is 9.26. The second kappa shape index (κ2) is 13.0. The molecule has 170 valence electrons. The van der Waals surface area contributed by atoms with Crippen LogP contribution in [0.1, 0.15) is 25.8 Å². The van der Waals surface area contributed by atoms with Gasteiger partial charge >= 0.3 is 5.97 Å². The number of amides is 4. The number of aliphatic carboxylic acids is 1. The Balaban J connectivity index is 2.62. The maximum atomic E-state index is 12.3. The normalized spacial score (nSPS) is 13.3. The molecule has 6 N–H and O–H groups in total. The molecule has 31 heavy (non-hydrogen) atoms. The van der Waals surface area contributed by atoms with Crippen LogP contribution < -0.4 is 21.3 Å². The quantitative estimate of drug-likeness (QED) is 0.227. The molecular formula is C20H28N4O7. The van der Waals surface area contributed by atoms with Crippen LogP contribution in [0.25, 0.3) is 0 Å². The zero-order chi connectivity index (χ0) is 23.4. The van der Waals surface area contributed by atoms with Crippen molar-refractivity contribution in [2.24, 2.45) is 0 Å². The van der Waals surface area contributed by atoms with Crippen LogP contribution in [0.5, 0.6) is 0 Å². The van der Waals surface area contributed by atoms with Gasteiger partial charge in [-0.05, 0) is 12.0 Å². The van der Waals surface area contributed by atoms with E-state index in [1.807, 2.05) is 0 Å². The minimum Gasteiger partial charge on any atom is -0.480 e. The van der Waals surface area contributed by atoms with E-state index in [0.29, 0.717) is 12.0 Å². The Morgan fingerprint density at radius 2 is 1.55 bits per heavy atom. The molecule has 1 aromatic rings. The summed E-state index contributed by atoms with van der Waals surface area (Å²) in [5, 5.41) is 28.1. The maximum Gasteiger partial charge on any atom is 0.326 e. The van der Waals surface area contributed by atoms with Crippen molar-refractivity contribution in [2.75, 3.05) is 13.2 Å². The summed E-state index contributed by atoms with van der Waals surface area (Å²) in [7, 11) is 0. The lowest BCUT2D eigenvalue weighted by molar-refractivity contribution is -0.142. The maximum absolute atomic E-state index is 12.3. The van der Waals surface area contributed by atoms with Crippen LogP contribution in [0.2, 0.25) is 0 Å². The summed E-state index contributed by atoms with van der Waals surface area (Å²) in [5.41, 5.74) is 0.687. The van der Waals surface area contributed by atoms with Gasteiger partial charge in [0.2, 0.25) is 23.6 Å². The fraction of sp³-hybridized carbons (Fsp3) is 0.450. The molecule has 1 aromatic carbocycles. The second-order valence-corrected chi connectivity index (χ2v) is 6.77. The molecule has 0 unspecified atom stereocenters. The van der Waals surface area contributed by atoms with Crippen LogP contribution >= 0.6 is 0 Å². The summed E-state index contributed by atoms with van der Waals surface area (Å²) in [6.07, 6.45) is 0.332. The number of carboxylic acid groups (broad SMARTS) is 1. The van der Waals surface area contributed by atoms with Crippen LogP contribution in [0.4, 0.5) is 0 Å². The number of aliphatic hydroxyl groups is 1. The van der Waals surface area contributed by atoms with E-state index < -0.39 is 60.9 Å². The molecule has 0 saturated carbocycles. The molecule has 1 rings (SSSR count). The topological polar surface area (TPSA) is 174 Å². The van der Waals surface area contributed by atoms with E-state index in [1.165, 1.54) is 6.92 Å². The number of carbonyl (C=O) groups is 5. The lowest BCUT2D eigenvalue weighted by atomic mass is 10.1. The van der Waals surface area contributed by atoms with Gasteiger partial charge in [0.05, 0.1) is 13.2 Å². The predicted octanol–water partition coefficient (Wildman–Crippen LogP) is -1.69. The monoisotopic (exact) mass is 436 g/mol. The van der Waals surface area contributed by atoms with E-state index in [4.69, 9.17) is 0 Å². The Kier molecular flexibility index (Phi) is 10.7. The van der Waals surface area contributed by atoms with Gasteiger partial charge in [-0.3, -0.25) is 19.2 Å². The van der Waals surface area contributed by atoms with Gasteiger partial charge in [0.1, 0.15) is 18.1 Å². The first-order valence-electron chi connectivity index (χ1n) is 9.70. The van der Waals surface area contributed by atoms with Gasteiger partial charge in [-0.1, -0.05) is 37.3 Å². The van der Waals surface area contributed by atoms with Crippen molar-refractivity contribution in [1.29, 1.82) is 0 Å². The molecule has 3 atom stereocenters. The van der Waals surface area contributed by atoms with E-state index in [0.717, 1.165) is 0 Å². The van der Waals surface area contributed by atoms with Gasteiger partial charge in [-0.25, -0.2) is 4.79 Å². The number of aliphatic hydroxyl groups excluding tert-OH is 1. The number of rotatable bonds is 12. The van der Waals surface area contributed by atoms with Crippen molar-refractivity contribution in [3.05, 3.63) is 35.9 Å². The molecule has 0 fully saturated rings. The van der Waals surface area contributed by atoms with E-state index in [2.05, 4.69) is 21.3 Å². The van der Waals surface area contributed by atoms with E-state index in [1.54, 1.807) is 37.3 Å². The molecule has 0 aromatic heterocycles. The van der Waals surface area contributed by atoms with Crippen molar-refractivity contribution in [2.45, 2.75) is 44.8 Å². The highest BCUT2D eigenvalue weighted by Gasteiger charge is 2.26. The summed E-state index contributed by atoms with van der Waals surface area (Å²) in [6, 6.07) is 5.18. The summed E-state index contributed by atoms with van der Waals surface area (Å²) >= 11 is 0. The molecule has 0 spiro atoms. The summed E-state index contributed by atoms with van der Waals surface area (Å²) in [6.45, 7) is 1.67. The van der Waals surface area contributed by atoms with Crippen molar-refractivity contribution in [3.63, 3.8) is 0 Å². The average molecular weight is 436 g/mol. The van der Waals surface area contributed by atoms with Crippen molar-refractivity contribution >= 4 is 29.6 Å².